The summed E-state index contributed by atoms with van der Waals surface area (Å²) in [5.74, 6) is 0. The fourth-order valence-corrected chi connectivity index (χ4v) is 3.56. The van der Waals surface area contributed by atoms with E-state index in [1.807, 2.05) is 0 Å². The molecule has 104 valence electrons. The van der Waals surface area contributed by atoms with Crippen LogP contribution in [0.1, 0.15) is 24.8 Å². The number of benzene rings is 1. The average molecular weight is 324 g/mol. The van der Waals surface area contributed by atoms with E-state index in [1.54, 1.807) is 0 Å². The van der Waals surface area contributed by atoms with Crippen LogP contribution in [0.3, 0.4) is 0 Å². The molecule has 1 aromatic rings. The third-order valence-corrected chi connectivity index (χ3v) is 5.11. The van der Waals surface area contributed by atoms with Crippen molar-refractivity contribution in [1.82, 2.24) is 9.80 Å². The monoisotopic (exact) mass is 323 g/mol. The standard InChI is InChI=1S/C15H22BrN3/c16-14-5-4-12(9-15(14)17)10-18-7-8-19-6-2-1-3-13(19)11-18/h4-5,9,13H,1-3,6-8,10-11,17H2. The maximum atomic E-state index is 5.96. The summed E-state index contributed by atoms with van der Waals surface area (Å²) in [7, 11) is 0. The molecule has 4 heteroatoms. The van der Waals surface area contributed by atoms with E-state index in [0.717, 1.165) is 22.7 Å². The summed E-state index contributed by atoms with van der Waals surface area (Å²) in [6.07, 6.45) is 4.17. The van der Waals surface area contributed by atoms with Crippen LogP contribution in [0.2, 0.25) is 0 Å². The van der Waals surface area contributed by atoms with Crippen LogP contribution in [0.5, 0.6) is 0 Å². The van der Waals surface area contributed by atoms with Crippen LogP contribution < -0.4 is 5.73 Å². The SMILES string of the molecule is Nc1cc(CN2CCN3CCCCC3C2)ccc1Br. The second kappa shape index (κ2) is 5.81. The van der Waals surface area contributed by atoms with Gasteiger partial charge in [-0.25, -0.2) is 0 Å². The molecule has 0 amide bonds. The number of halogens is 1. The number of fused-ring (bicyclic) bond motifs is 1. The van der Waals surface area contributed by atoms with E-state index in [1.165, 1.54) is 51.0 Å². The zero-order valence-electron chi connectivity index (χ0n) is 11.3. The largest absolute Gasteiger partial charge is 0.398 e. The van der Waals surface area contributed by atoms with Gasteiger partial charge in [-0.3, -0.25) is 9.80 Å². The first-order chi connectivity index (χ1) is 9.22. The van der Waals surface area contributed by atoms with Gasteiger partial charge in [-0.15, -0.1) is 0 Å². The summed E-state index contributed by atoms with van der Waals surface area (Å²) in [5.41, 5.74) is 8.12. The van der Waals surface area contributed by atoms with Crippen molar-refractivity contribution >= 4 is 21.6 Å². The zero-order chi connectivity index (χ0) is 13.2. The van der Waals surface area contributed by atoms with Gasteiger partial charge in [-0.1, -0.05) is 12.5 Å². The second-order valence-corrected chi connectivity index (χ2v) is 6.63. The average Bonchev–Trinajstić information content (AvgIpc) is 2.43. The van der Waals surface area contributed by atoms with Gasteiger partial charge in [0.15, 0.2) is 0 Å². The highest BCUT2D eigenvalue weighted by atomic mass is 79.9. The van der Waals surface area contributed by atoms with Gasteiger partial charge in [0.05, 0.1) is 0 Å². The Hall–Kier alpha value is -0.580. The minimum absolute atomic E-state index is 0.787. The van der Waals surface area contributed by atoms with Crippen molar-refractivity contribution in [1.29, 1.82) is 0 Å². The molecule has 2 fully saturated rings. The Balaban J connectivity index is 1.62. The summed E-state index contributed by atoms with van der Waals surface area (Å²) in [6.45, 7) is 5.98. The van der Waals surface area contributed by atoms with E-state index < -0.39 is 0 Å². The predicted molar refractivity (Wildman–Crippen MR) is 83.0 cm³/mol. The van der Waals surface area contributed by atoms with Crippen molar-refractivity contribution < 1.29 is 0 Å². The number of nitrogens with two attached hydrogens (primary N) is 1. The normalized spacial score (nSPS) is 25.2. The molecule has 1 aromatic carbocycles. The van der Waals surface area contributed by atoms with Gasteiger partial charge in [0, 0.05) is 42.4 Å². The molecule has 2 N–H and O–H groups in total. The summed E-state index contributed by atoms with van der Waals surface area (Å²) in [5, 5.41) is 0. The quantitative estimate of drug-likeness (QED) is 0.849. The van der Waals surface area contributed by atoms with E-state index in [4.69, 9.17) is 5.73 Å². The second-order valence-electron chi connectivity index (χ2n) is 5.78. The molecule has 2 heterocycles. The van der Waals surface area contributed by atoms with Crippen LogP contribution in [0, 0.1) is 0 Å². The molecule has 3 rings (SSSR count). The van der Waals surface area contributed by atoms with Gasteiger partial charge in [0.1, 0.15) is 0 Å². The Morgan fingerprint density at radius 1 is 1.21 bits per heavy atom. The molecule has 3 nitrogen and oxygen atoms in total. The summed E-state index contributed by atoms with van der Waals surface area (Å²) in [4.78, 5) is 5.26. The zero-order valence-corrected chi connectivity index (χ0v) is 12.9. The van der Waals surface area contributed by atoms with Gasteiger partial charge < -0.3 is 5.73 Å². The van der Waals surface area contributed by atoms with Gasteiger partial charge in [0.2, 0.25) is 0 Å². The predicted octanol–water partition coefficient (Wildman–Crippen LogP) is 2.70. The van der Waals surface area contributed by atoms with E-state index in [2.05, 4.69) is 43.9 Å². The molecule has 1 atom stereocenters. The molecule has 0 aromatic heterocycles. The fourth-order valence-electron chi connectivity index (χ4n) is 3.31. The fraction of sp³-hybridized carbons (Fsp3) is 0.600. The summed E-state index contributed by atoms with van der Waals surface area (Å²) in [6, 6.07) is 7.11. The van der Waals surface area contributed by atoms with Crippen molar-refractivity contribution in [3.8, 4) is 0 Å². The lowest BCUT2D eigenvalue weighted by Crippen LogP contribution is -2.54. The lowest BCUT2D eigenvalue weighted by Gasteiger charge is -2.44. The van der Waals surface area contributed by atoms with Gasteiger partial charge in [0.25, 0.3) is 0 Å². The van der Waals surface area contributed by atoms with Crippen LogP contribution in [-0.2, 0) is 6.54 Å². The smallest absolute Gasteiger partial charge is 0.0461 e. The highest BCUT2D eigenvalue weighted by molar-refractivity contribution is 9.10. The minimum Gasteiger partial charge on any atom is -0.398 e. The topological polar surface area (TPSA) is 32.5 Å². The van der Waals surface area contributed by atoms with Gasteiger partial charge >= 0.3 is 0 Å². The molecule has 1 unspecified atom stereocenters. The van der Waals surface area contributed by atoms with Crippen molar-refractivity contribution in [2.24, 2.45) is 0 Å². The molecule has 0 saturated carbocycles. The van der Waals surface area contributed by atoms with Crippen LogP contribution in [-0.4, -0.2) is 42.0 Å². The van der Waals surface area contributed by atoms with Gasteiger partial charge in [-0.05, 0) is 53.0 Å². The van der Waals surface area contributed by atoms with Gasteiger partial charge in [-0.2, -0.15) is 0 Å². The molecule has 2 aliphatic heterocycles. The van der Waals surface area contributed by atoms with Crippen LogP contribution in [0.4, 0.5) is 5.69 Å². The first-order valence-electron chi connectivity index (χ1n) is 7.23. The number of nitrogen functional groups attached to an aromatic ring is 1. The molecule has 19 heavy (non-hydrogen) atoms. The van der Waals surface area contributed by atoms with E-state index in [0.29, 0.717) is 0 Å². The first-order valence-corrected chi connectivity index (χ1v) is 8.02. The highest BCUT2D eigenvalue weighted by Gasteiger charge is 2.28. The number of rotatable bonds is 2. The Bertz CT molecular complexity index is 449. The molecular formula is C15H22BrN3. The Morgan fingerprint density at radius 3 is 2.95 bits per heavy atom. The van der Waals surface area contributed by atoms with E-state index >= 15 is 0 Å². The minimum atomic E-state index is 0.787. The summed E-state index contributed by atoms with van der Waals surface area (Å²) < 4.78 is 0.994. The number of piperidine rings is 1. The number of nitrogens with zero attached hydrogens (tertiary/aromatic N) is 2. The lowest BCUT2D eigenvalue weighted by molar-refractivity contribution is 0.0457. The maximum Gasteiger partial charge on any atom is 0.0461 e. The van der Waals surface area contributed by atoms with Crippen molar-refractivity contribution in [3.63, 3.8) is 0 Å². The van der Waals surface area contributed by atoms with E-state index in [-0.39, 0.29) is 0 Å². The van der Waals surface area contributed by atoms with Crippen molar-refractivity contribution in [2.75, 3.05) is 31.9 Å². The molecule has 0 aliphatic carbocycles. The summed E-state index contributed by atoms with van der Waals surface area (Å²) >= 11 is 3.45. The Morgan fingerprint density at radius 2 is 2.11 bits per heavy atom. The number of hydrogen-bond donors (Lipinski definition) is 1. The molecule has 2 aliphatic rings. The van der Waals surface area contributed by atoms with Crippen molar-refractivity contribution in [2.45, 2.75) is 31.8 Å². The number of hydrogen-bond acceptors (Lipinski definition) is 3. The third kappa shape index (κ3) is 3.12. The molecule has 0 radical (unpaired) electrons. The molecule has 0 bridgehead atoms. The van der Waals surface area contributed by atoms with Crippen LogP contribution in [0.15, 0.2) is 22.7 Å². The lowest BCUT2D eigenvalue weighted by atomic mass is 9.99. The first kappa shape index (κ1) is 13.4. The highest BCUT2D eigenvalue weighted by Crippen LogP contribution is 2.24. The Labute approximate surface area is 123 Å². The van der Waals surface area contributed by atoms with E-state index in [9.17, 15) is 0 Å². The van der Waals surface area contributed by atoms with Crippen LogP contribution in [0.25, 0.3) is 0 Å². The van der Waals surface area contributed by atoms with Crippen LogP contribution >= 0.6 is 15.9 Å². The number of piperazine rings is 1. The van der Waals surface area contributed by atoms with Crippen molar-refractivity contribution in [3.05, 3.63) is 28.2 Å². The molecule has 0 spiro atoms. The Kier molecular flexibility index (Phi) is 4.10. The third-order valence-electron chi connectivity index (χ3n) is 4.39. The molecular weight excluding hydrogens is 302 g/mol. The molecule has 2 saturated heterocycles. The maximum absolute atomic E-state index is 5.96. The number of anilines is 1.